The molecular formula is C18H19FO. The highest BCUT2D eigenvalue weighted by Crippen LogP contribution is 2.17. The second-order valence-corrected chi connectivity index (χ2v) is 5.46. The molecule has 0 aliphatic heterocycles. The van der Waals surface area contributed by atoms with Crippen LogP contribution in [0.2, 0.25) is 0 Å². The molecule has 0 aliphatic carbocycles. The van der Waals surface area contributed by atoms with Gasteiger partial charge in [-0.15, -0.1) is 0 Å². The van der Waals surface area contributed by atoms with Gasteiger partial charge in [0.1, 0.15) is 5.82 Å². The second-order valence-electron chi connectivity index (χ2n) is 5.46. The molecule has 104 valence electrons. The average Bonchev–Trinajstić information content (AvgIpc) is 2.42. The number of ketones is 1. The molecule has 0 N–H and O–H groups in total. The van der Waals surface area contributed by atoms with Crippen LogP contribution in [0.4, 0.5) is 4.39 Å². The van der Waals surface area contributed by atoms with E-state index in [9.17, 15) is 9.18 Å². The fraction of sp³-hybridized carbons (Fsp3) is 0.278. The van der Waals surface area contributed by atoms with E-state index in [0.717, 1.165) is 11.1 Å². The highest BCUT2D eigenvalue weighted by molar-refractivity contribution is 5.98. The fourth-order valence-corrected chi connectivity index (χ4v) is 2.20. The van der Waals surface area contributed by atoms with Crippen molar-refractivity contribution in [3.8, 4) is 0 Å². The number of hydrogen-bond donors (Lipinski definition) is 0. The molecule has 1 nitrogen and oxygen atoms in total. The zero-order chi connectivity index (χ0) is 14.7. The number of hydrogen-bond acceptors (Lipinski definition) is 1. The van der Waals surface area contributed by atoms with Gasteiger partial charge in [-0.05, 0) is 41.7 Å². The van der Waals surface area contributed by atoms with Crippen molar-refractivity contribution >= 4 is 5.78 Å². The third-order valence-electron chi connectivity index (χ3n) is 3.51. The van der Waals surface area contributed by atoms with Crippen molar-refractivity contribution < 1.29 is 9.18 Å². The van der Waals surface area contributed by atoms with Crippen LogP contribution in [0.15, 0.2) is 42.5 Å². The molecule has 2 aromatic carbocycles. The molecule has 0 unspecified atom stereocenters. The van der Waals surface area contributed by atoms with E-state index in [4.69, 9.17) is 0 Å². The lowest BCUT2D eigenvalue weighted by atomic mass is 9.96. The third-order valence-corrected chi connectivity index (χ3v) is 3.51. The van der Waals surface area contributed by atoms with Crippen molar-refractivity contribution in [2.24, 2.45) is 0 Å². The SMILES string of the molecule is Cc1ccc(F)cc1C(=O)Cc1ccc(C(C)C)cc1. The normalized spacial score (nSPS) is 10.8. The fourth-order valence-electron chi connectivity index (χ4n) is 2.20. The van der Waals surface area contributed by atoms with Gasteiger partial charge in [0.2, 0.25) is 0 Å². The summed E-state index contributed by atoms with van der Waals surface area (Å²) in [6.45, 7) is 6.10. The van der Waals surface area contributed by atoms with Gasteiger partial charge >= 0.3 is 0 Å². The Morgan fingerprint density at radius 1 is 1.10 bits per heavy atom. The minimum Gasteiger partial charge on any atom is -0.294 e. The van der Waals surface area contributed by atoms with Crippen LogP contribution in [0.1, 0.15) is 46.8 Å². The van der Waals surface area contributed by atoms with Crippen LogP contribution < -0.4 is 0 Å². The summed E-state index contributed by atoms with van der Waals surface area (Å²) in [5, 5.41) is 0. The summed E-state index contributed by atoms with van der Waals surface area (Å²) in [6.07, 6.45) is 0.308. The highest BCUT2D eigenvalue weighted by atomic mass is 19.1. The van der Waals surface area contributed by atoms with E-state index < -0.39 is 0 Å². The number of rotatable bonds is 4. The van der Waals surface area contributed by atoms with Crippen LogP contribution in [0.3, 0.4) is 0 Å². The molecular weight excluding hydrogens is 251 g/mol. The van der Waals surface area contributed by atoms with Gasteiger partial charge in [0.25, 0.3) is 0 Å². The Morgan fingerprint density at radius 3 is 2.35 bits per heavy atom. The first-order valence-corrected chi connectivity index (χ1v) is 6.85. The molecule has 0 spiro atoms. The Bertz CT molecular complexity index is 612. The molecule has 0 amide bonds. The van der Waals surface area contributed by atoms with Gasteiger partial charge in [0, 0.05) is 12.0 Å². The maximum atomic E-state index is 13.2. The molecule has 0 saturated heterocycles. The van der Waals surface area contributed by atoms with Gasteiger partial charge in [-0.2, -0.15) is 0 Å². The van der Waals surface area contributed by atoms with Gasteiger partial charge in [-0.25, -0.2) is 4.39 Å². The summed E-state index contributed by atoms with van der Waals surface area (Å²) >= 11 is 0. The van der Waals surface area contributed by atoms with Crippen molar-refractivity contribution in [2.75, 3.05) is 0 Å². The summed E-state index contributed by atoms with van der Waals surface area (Å²) in [4.78, 5) is 12.2. The van der Waals surface area contributed by atoms with Crippen LogP contribution >= 0.6 is 0 Å². The van der Waals surface area contributed by atoms with Crippen molar-refractivity contribution in [1.29, 1.82) is 0 Å². The molecule has 0 atom stereocenters. The summed E-state index contributed by atoms with van der Waals surface area (Å²) in [5.41, 5.74) is 3.50. The molecule has 0 fully saturated rings. The number of carbonyl (C=O) groups is 1. The van der Waals surface area contributed by atoms with E-state index in [1.807, 2.05) is 31.2 Å². The lowest BCUT2D eigenvalue weighted by molar-refractivity contribution is 0.0992. The average molecular weight is 270 g/mol. The van der Waals surface area contributed by atoms with E-state index in [2.05, 4.69) is 13.8 Å². The van der Waals surface area contributed by atoms with Crippen molar-refractivity contribution in [3.05, 3.63) is 70.5 Å². The summed E-state index contributed by atoms with van der Waals surface area (Å²) in [5.74, 6) is 0.0682. The standard InChI is InChI=1S/C18H19FO/c1-12(2)15-7-5-14(6-8-15)10-18(20)17-11-16(19)9-4-13(17)3/h4-9,11-12H,10H2,1-3H3. The van der Waals surface area contributed by atoms with Gasteiger partial charge in [0.15, 0.2) is 5.78 Å². The molecule has 20 heavy (non-hydrogen) atoms. The lowest BCUT2D eigenvalue weighted by Crippen LogP contribution is -2.06. The Balaban J connectivity index is 2.17. The zero-order valence-electron chi connectivity index (χ0n) is 12.1. The van der Waals surface area contributed by atoms with Crippen LogP contribution in [-0.4, -0.2) is 5.78 Å². The van der Waals surface area contributed by atoms with Crippen LogP contribution in [0, 0.1) is 12.7 Å². The summed E-state index contributed by atoms with van der Waals surface area (Å²) < 4.78 is 13.2. The number of Topliss-reactive ketones (excluding diaryl/α,β-unsaturated/α-hetero) is 1. The number of aryl methyl sites for hydroxylation is 1. The second kappa shape index (κ2) is 6.00. The third kappa shape index (κ3) is 3.32. The largest absolute Gasteiger partial charge is 0.294 e. The molecule has 0 heterocycles. The van der Waals surface area contributed by atoms with Crippen LogP contribution in [-0.2, 0) is 6.42 Å². The first-order valence-electron chi connectivity index (χ1n) is 6.85. The van der Waals surface area contributed by atoms with Gasteiger partial charge in [-0.3, -0.25) is 4.79 Å². The molecule has 2 aromatic rings. The lowest BCUT2D eigenvalue weighted by Gasteiger charge is -2.08. The van der Waals surface area contributed by atoms with E-state index >= 15 is 0 Å². The maximum absolute atomic E-state index is 13.2. The van der Waals surface area contributed by atoms with Crippen LogP contribution in [0.25, 0.3) is 0 Å². The Morgan fingerprint density at radius 2 is 1.75 bits per heavy atom. The Hall–Kier alpha value is -1.96. The molecule has 0 saturated carbocycles. The molecule has 0 aliphatic rings. The minimum atomic E-state index is -0.367. The first-order chi connectivity index (χ1) is 9.47. The first kappa shape index (κ1) is 14.4. The monoisotopic (exact) mass is 270 g/mol. The predicted octanol–water partition coefficient (Wildman–Crippen LogP) is 4.68. The van der Waals surface area contributed by atoms with Crippen molar-refractivity contribution in [2.45, 2.75) is 33.1 Å². The molecule has 2 rings (SSSR count). The summed E-state index contributed by atoms with van der Waals surface area (Å²) in [6, 6.07) is 12.4. The zero-order valence-corrected chi connectivity index (χ0v) is 12.1. The number of carbonyl (C=O) groups excluding carboxylic acids is 1. The van der Waals surface area contributed by atoms with E-state index in [-0.39, 0.29) is 11.6 Å². The Kier molecular flexibility index (Phi) is 4.33. The summed E-state index contributed by atoms with van der Waals surface area (Å²) in [7, 11) is 0. The molecule has 0 radical (unpaired) electrons. The van der Waals surface area contributed by atoms with E-state index in [1.54, 1.807) is 6.07 Å². The van der Waals surface area contributed by atoms with Crippen LogP contribution in [0.5, 0.6) is 0 Å². The predicted molar refractivity (Wildman–Crippen MR) is 79.7 cm³/mol. The van der Waals surface area contributed by atoms with Gasteiger partial charge in [-0.1, -0.05) is 44.2 Å². The van der Waals surface area contributed by atoms with Crippen molar-refractivity contribution in [3.63, 3.8) is 0 Å². The minimum absolute atomic E-state index is 0.0423. The van der Waals surface area contributed by atoms with E-state index in [0.29, 0.717) is 17.9 Å². The number of halogens is 1. The van der Waals surface area contributed by atoms with Crippen molar-refractivity contribution in [1.82, 2.24) is 0 Å². The highest BCUT2D eigenvalue weighted by Gasteiger charge is 2.11. The smallest absolute Gasteiger partial charge is 0.167 e. The van der Waals surface area contributed by atoms with Gasteiger partial charge < -0.3 is 0 Å². The molecule has 2 heteroatoms. The molecule has 0 aromatic heterocycles. The quantitative estimate of drug-likeness (QED) is 0.737. The van der Waals surface area contributed by atoms with Gasteiger partial charge in [0.05, 0.1) is 0 Å². The maximum Gasteiger partial charge on any atom is 0.167 e. The Labute approximate surface area is 119 Å². The number of benzene rings is 2. The molecule has 0 bridgehead atoms. The van der Waals surface area contributed by atoms with E-state index in [1.165, 1.54) is 17.7 Å². The topological polar surface area (TPSA) is 17.1 Å².